The molecular weight excluding hydrogens is 319 g/mol. The Balaban J connectivity index is 0.000000240. The van der Waals surface area contributed by atoms with Crippen LogP contribution in [0.1, 0.15) is 39.5 Å². The highest BCUT2D eigenvalue weighted by molar-refractivity contribution is 7.51. The zero-order valence-electron chi connectivity index (χ0n) is 14.6. The van der Waals surface area contributed by atoms with Gasteiger partial charge in [-0.05, 0) is 23.5 Å². The highest BCUT2D eigenvalue weighted by Gasteiger charge is 2.19. The molecule has 24 heavy (non-hydrogen) atoms. The molecule has 2 aromatic carbocycles. The summed E-state index contributed by atoms with van der Waals surface area (Å²) < 4.78 is 10.7. The van der Waals surface area contributed by atoms with E-state index >= 15 is 0 Å². The van der Waals surface area contributed by atoms with Crippen LogP contribution in [-0.4, -0.2) is 15.9 Å². The van der Waals surface area contributed by atoms with Crippen LogP contribution in [0, 0.1) is 5.92 Å². The molecule has 3 nitrogen and oxygen atoms in total. The van der Waals surface area contributed by atoms with E-state index in [1.54, 1.807) is 0 Å². The number of unbranched alkanes of at least 4 members (excludes halogenated alkanes) is 1. The summed E-state index contributed by atoms with van der Waals surface area (Å²) in [4.78, 5) is 17.5. The van der Waals surface area contributed by atoms with Gasteiger partial charge in [-0.3, -0.25) is 4.57 Å². The van der Waals surface area contributed by atoms with Gasteiger partial charge >= 0.3 is 7.60 Å². The molecule has 2 N–H and O–H groups in total. The van der Waals surface area contributed by atoms with Crippen LogP contribution in [0.5, 0.6) is 0 Å². The van der Waals surface area contributed by atoms with E-state index in [9.17, 15) is 4.57 Å². The minimum atomic E-state index is -3.78. The van der Waals surface area contributed by atoms with Gasteiger partial charge in [-0.1, -0.05) is 93.8 Å². The first-order chi connectivity index (χ1) is 11.5. The Kier molecular flexibility index (Phi) is 9.63. The van der Waals surface area contributed by atoms with Crippen molar-refractivity contribution in [2.24, 2.45) is 5.92 Å². The molecule has 132 valence electrons. The van der Waals surface area contributed by atoms with Crippen molar-refractivity contribution in [3.8, 4) is 11.1 Å². The number of hydrogen-bond donors (Lipinski definition) is 2. The highest BCUT2D eigenvalue weighted by Crippen LogP contribution is 2.38. The van der Waals surface area contributed by atoms with E-state index in [1.807, 2.05) is 19.1 Å². The average molecular weight is 348 g/mol. The van der Waals surface area contributed by atoms with Crippen LogP contribution in [0.2, 0.25) is 0 Å². The lowest BCUT2D eigenvalue weighted by atomic mass is 10.0. The zero-order chi connectivity index (χ0) is 17.8. The first-order valence-corrected chi connectivity index (χ1v) is 10.4. The fraction of sp³-hybridized carbons (Fsp3) is 0.400. The van der Waals surface area contributed by atoms with E-state index in [1.165, 1.54) is 11.1 Å². The van der Waals surface area contributed by atoms with Gasteiger partial charge in [-0.2, -0.15) is 0 Å². The predicted octanol–water partition coefficient (Wildman–Crippen LogP) is 5.73. The Labute approximate surface area is 145 Å². The Morgan fingerprint density at radius 2 is 1.33 bits per heavy atom. The first-order valence-electron chi connectivity index (χ1n) is 8.61. The third-order valence-electron chi connectivity index (χ3n) is 3.92. The Bertz CT molecular complexity index is 555. The molecule has 1 unspecified atom stereocenters. The van der Waals surface area contributed by atoms with E-state index in [0.29, 0.717) is 0 Å². The first kappa shape index (κ1) is 20.6. The fourth-order valence-corrected chi connectivity index (χ4v) is 3.63. The van der Waals surface area contributed by atoms with Gasteiger partial charge in [-0.25, -0.2) is 0 Å². The Morgan fingerprint density at radius 3 is 1.67 bits per heavy atom. The number of benzene rings is 2. The molecule has 0 heterocycles. The van der Waals surface area contributed by atoms with Crippen molar-refractivity contribution in [3.63, 3.8) is 0 Å². The standard InChI is InChI=1S/C12H10.C8H19O3P/c1-3-7-11(8-4-1)12-9-5-2-6-10-12;1-3-5-6-8(4-2)7-12(9,10)11/h1-10H;8H,3-7H2,1-2H3,(H2,9,10,11). The van der Waals surface area contributed by atoms with E-state index in [-0.39, 0.29) is 12.1 Å². The lowest BCUT2D eigenvalue weighted by Gasteiger charge is -2.14. The maximum atomic E-state index is 10.7. The van der Waals surface area contributed by atoms with Crippen LogP contribution in [0.25, 0.3) is 11.1 Å². The molecule has 0 aliphatic carbocycles. The molecule has 0 bridgehead atoms. The van der Waals surface area contributed by atoms with Crippen LogP contribution < -0.4 is 0 Å². The van der Waals surface area contributed by atoms with Gasteiger partial charge in [0, 0.05) is 0 Å². The minimum Gasteiger partial charge on any atom is -0.324 e. The largest absolute Gasteiger partial charge is 0.325 e. The van der Waals surface area contributed by atoms with Crippen LogP contribution in [0.3, 0.4) is 0 Å². The summed E-state index contributed by atoms with van der Waals surface area (Å²) in [7, 11) is -3.78. The second kappa shape index (κ2) is 11.2. The van der Waals surface area contributed by atoms with Gasteiger partial charge in [0.05, 0.1) is 6.16 Å². The summed E-state index contributed by atoms with van der Waals surface area (Å²) in [6, 6.07) is 20.8. The summed E-state index contributed by atoms with van der Waals surface area (Å²) in [5, 5.41) is 0. The van der Waals surface area contributed by atoms with E-state index in [2.05, 4.69) is 55.5 Å². The monoisotopic (exact) mass is 348 g/mol. The van der Waals surface area contributed by atoms with Crippen LogP contribution in [0.15, 0.2) is 60.7 Å². The van der Waals surface area contributed by atoms with Gasteiger partial charge in [0.1, 0.15) is 0 Å². The molecule has 0 spiro atoms. The summed E-state index contributed by atoms with van der Waals surface area (Å²) >= 11 is 0. The lowest BCUT2D eigenvalue weighted by molar-refractivity contribution is 0.354. The van der Waals surface area contributed by atoms with Gasteiger partial charge in [0.2, 0.25) is 0 Å². The van der Waals surface area contributed by atoms with Gasteiger partial charge < -0.3 is 9.79 Å². The summed E-state index contributed by atoms with van der Waals surface area (Å²) in [6.07, 6.45) is 4.03. The van der Waals surface area contributed by atoms with Crippen molar-refractivity contribution in [1.82, 2.24) is 0 Å². The molecule has 0 aliphatic heterocycles. The molecule has 1 atom stereocenters. The summed E-state index contributed by atoms with van der Waals surface area (Å²) in [5.41, 5.74) is 2.55. The maximum Gasteiger partial charge on any atom is 0.325 e. The summed E-state index contributed by atoms with van der Waals surface area (Å²) in [5.74, 6) is 0.200. The van der Waals surface area contributed by atoms with Gasteiger partial charge in [0.25, 0.3) is 0 Å². The average Bonchev–Trinajstić information content (AvgIpc) is 2.60. The van der Waals surface area contributed by atoms with Crippen molar-refractivity contribution in [3.05, 3.63) is 60.7 Å². The Morgan fingerprint density at radius 1 is 0.875 bits per heavy atom. The Hall–Kier alpha value is -1.41. The quantitative estimate of drug-likeness (QED) is 0.628. The maximum absolute atomic E-state index is 10.7. The molecule has 0 amide bonds. The van der Waals surface area contributed by atoms with Crippen LogP contribution in [0.4, 0.5) is 0 Å². The van der Waals surface area contributed by atoms with Crippen molar-refractivity contribution >= 4 is 7.60 Å². The third kappa shape index (κ3) is 9.02. The number of hydrogen-bond acceptors (Lipinski definition) is 1. The smallest absolute Gasteiger partial charge is 0.324 e. The van der Waals surface area contributed by atoms with E-state index in [0.717, 1.165) is 25.7 Å². The third-order valence-corrected chi connectivity index (χ3v) is 4.91. The SMILES string of the molecule is CCCCC(CC)CP(=O)(O)O.c1ccc(-c2ccccc2)cc1. The van der Waals surface area contributed by atoms with Gasteiger partial charge in [-0.15, -0.1) is 0 Å². The van der Waals surface area contributed by atoms with Crippen molar-refractivity contribution in [1.29, 1.82) is 0 Å². The minimum absolute atomic E-state index is 0.0590. The lowest BCUT2D eigenvalue weighted by Crippen LogP contribution is -2.05. The highest BCUT2D eigenvalue weighted by atomic mass is 31.2. The molecule has 2 rings (SSSR count). The molecule has 2 aromatic rings. The van der Waals surface area contributed by atoms with Crippen LogP contribution >= 0.6 is 7.60 Å². The summed E-state index contributed by atoms with van der Waals surface area (Å²) in [6.45, 7) is 4.07. The molecule has 0 fully saturated rings. The number of rotatable bonds is 7. The molecule has 0 aromatic heterocycles. The van der Waals surface area contributed by atoms with Gasteiger partial charge in [0.15, 0.2) is 0 Å². The van der Waals surface area contributed by atoms with E-state index < -0.39 is 7.60 Å². The van der Waals surface area contributed by atoms with Crippen molar-refractivity contribution in [2.45, 2.75) is 39.5 Å². The topological polar surface area (TPSA) is 57.5 Å². The second-order valence-electron chi connectivity index (χ2n) is 6.00. The predicted molar refractivity (Wildman–Crippen MR) is 102 cm³/mol. The molecule has 0 aliphatic rings. The molecule has 0 saturated heterocycles. The van der Waals surface area contributed by atoms with Crippen molar-refractivity contribution in [2.75, 3.05) is 6.16 Å². The van der Waals surface area contributed by atoms with E-state index in [4.69, 9.17) is 9.79 Å². The molecule has 0 radical (unpaired) electrons. The van der Waals surface area contributed by atoms with Crippen LogP contribution in [-0.2, 0) is 4.57 Å². The zero-order valence-corrected chi connectivity index (χ0v) is 15.5. The molecule has 0 saturated carbocycles. The normalized spacial score (nSPS) is 12.2. The second-order valence-corrected chi connectivity index (χ2v) is 7.69. The molecular formula is C20H29O3P. The fourth-order valence-electron chi connectivity index (χ4n) is 2.51. The molecule has 4 heteroatoms. The van der Waals surface area contributed by atoms with Crippen molar-refractivity contribution < 1.29 is 14.4 Å².